The first-order chi connectivity index (χ1) is 6.86. The first-order valence-corrected chi connectivity index (χ1v) is 7.18. The predicted molar refractivity (Wildman–Crippen MR) is 60.4 cm³/mol. The summed E-state index contributed by atoms with van der Waals surface area (Å²) in [6, 6.07) is 1.06. The molecule has 0 fully saturated rings. The van der Waals surface area contributed by atoms with Crippen LogP contribution in [0.2, 0.25) is 6.04 Å². The average molecular weight is 213 g/mol. The highest BCUT2D eigenvalue weighted by atomic mass is 28.3. The van der Waals surface area contributed by atoms with Crippen LogP contribution in [0.5, 0.6) is 0 Å². The Bertz CT molecular complexity index is 174. The Labute approximate surface area is 89.1 Å². The van der Waals surface area contributed by atoms with E-state index in [1.807, 2.05) is 13.8 Å². The number of hydrogen-bond donors (Lipinski definition) is 0. The first kappa shape index (κ1) is 11.9. The third kappa shape index (κ3) is 4.40. The van der Waals surface area contributed by atoms with Crippen molar-refractivity contribution < 1.29 is 8.85 Å². The summed E-state index contributed by atoms with van der Waals surface area (Å²) < 4.78 is 11.2. The van der Waals surface area contributed by atoms with Crippen LogP contribution in [0.4, 0.5) is 0 Å². The predicted octanol–water partition coefficient (Wildman–Crippen LogP) is 3.05. The number of hydrogen-bond acceptors (Lipinski definition) is 2. The molecule has 0 saturated heterocycles. The fraction of sp³-hybridized carbons (Fsp3) is 0.818. The van der Waals surface area contributed by atoms with Crippen LogP contribution in [0.25, 0.3) is 0 Å². The summed E-state index contributed by atoms with van der Waals surface area (Å²) in [5.74, 6) is 0. The lowest BCUT2D eigenvalue weighted by molar-refractivity contribution is 0.215. The summed E-state index contributed by atoms with van der Waals surface area (Å²) in [6.07, 6.45) is 7.59. The van der Waals surface area contributed by atoms with Gasteiger partial charge >= 0.3 is 9.28 Å². The largest absolute Gasteiger partial charge is 0.393 e. The van der Waals surface area contributed by atoms with Gasteiger partial charge in [-0.2, -0.15) is 0 Å². The van der Waals surface area contributed by atoms with Crippen molar-refractivity contribution in [2.45, 2.75) is 45.6 Å². The van der Waals surface area contributed by atoms with Crippen LogP contribution in [0.15, 0.2) is 11.6 Å². The topological polar surface area (TPSA) is 18.5 Å². The molecule has 1 aliphatic rings. The van der Waals surface area contributed by atoms with Gasteiger partial charge in [-0.15, -0.1) is 0 Å². The van der Waals surface area contributed by atoms with Gasteiger partial charge in [0.1, 0.15) is 0 Å². The van der Waals surface area contributed by atoms with Crippen LogP contribution >= 0.6 is 0 Å². The molecule has 0 heterocycles. The van der Waals surface area contributed by atoms with Crippen LogP contribution in [0, 0.1) is 0 Å². The standard InChI is InChI=1S/C11H21O2Si/c1-3-12-14(13-4-2)10-11-8-6-5-7-9-11/h8H,3-7,9-10H2,1-2H3. The molecule has 1 radical (unpaired) electrons. The molecule has 0 unspecified atom stereocenters. The molecule has 14 heavy (non-hydrogen) atoms. The molecule has 0 atom stereocenters. The van der Waals surface area contributed by atoms with Gasteiger partial charge in [0.05, 0.1) is 0 Å². The van der Waals surface area contributed by atoms with E-state index in [9.17, 15) is 0 Å². The van der Waals surface area contributed by atoms with Gasteiger partial charge in [-0.3, -0.25) is 0 Å². The Morgan fingerprint density at radius 2 is 1.93 bits per heavy atom. The highest BCUT2D eigenvalue weighted by molar-refractivity contribution is 6.45. The van der Waals surface area contributed by atoms with Gasteiger partial charge in [0.15, 0.2) is 0 Å². The van der Waals surface area contributed by atoms with E-state index in [1.54, 1.807) is 5.57 Å². The van der Waals surface area contributed by atoms with Crippen LogP contribution < -0.4 is 0 Å². The Balaban J connectivity index is 2.32. The van der Waals surface area contributed by atoms with Crippen LogP contribution in [0.1, 0.15) is 39.5 Å². The van der Waals surface area contributed by atoms with E-state index in [4.69, 9.17) is 8.85 Å². The van der Waals surface area contributed by atoms with Crippen molar-refractivity contribution in [3.63, 3.8) is 0 Å². The van der Waals surface area contributed by atoms with Crippen molar-refractivity contribution in [3.8, 4) is 0 Å². The molecule has 81 valence electrons. The maximum atomic E-state index is 5.62. The monoisotopic (exact) mass is 213 g/mol. The summed E-state index contributed by atoms with van der Waals surface area (Å²) >= 11 is 0. The van der Waals surface area contributed by atoms with Crippen molar-refractivity contribution in [2.75, 3.05) is 13.2 Å². The molecule has 0 N–H and O–H groups in total. The van der Waals surface area contributed by atoms with E-state index in [2.05, 4.69) is 6.08 Å². The second-order valence-corrected chi connectivity index (χ2v) is 5.20. The molecule has 0 aliphatic heterocycles. The van der Waals surface area contributed by atoms with Gasteiger partial charge in [0.25, 0.3) is 0 Å². The fourth-order valence-corrected chi connectivity index (χ4v) is 3.34. The summed E-state index contributed by atoms with van der Waals surface area (Å²) in [4.78, 5) is 0. The molecule has 0 spiro atoms. The zero-order chi connectivity index (χ0) is 10.2. The maximum Gasteiger partial charge on any atom is 0.388 e. The second kappa shape index (κ2) is 7.21. The van der Waals surface area contributed by atoms with E-state index in [0.29, 0.717) is 0 Å². The molecule has 0 aromatic heterocycles. The van der Waals surface area contributed by atoms with Crippen molar-refractivity contribution in [1.82, 2.24) is 0 Å². The van der Waals surface area contributed by atoms with Crippen molar-refractivity contribution >= 4 is 9.28 Å². The Morgan fingerprint density at radius 3 is 2.43 bits per heavy atom. The van der Waals surface area contributed by atoms with Gasteiger partial charge in [0.2, 0.25) is 0 Å². The summed E-state index contributed by atoms with van der Waals surface area (Å²) in [6.45, 7) is 5.64. The summed E-state index contributed by atoms with van der Waals surface area (Å²) in [5, 5.41) is 0. The molecular formula is C11H21O2Si. The van der Waals surface area contributed by atoms with E-state index in [0.717, 1.165) is 19.3 Å². The molecule has 0 saturated carbocycles. The molecule has 0 aromatic carbocycles. The van der Waals surface area contributed by atoms with Crippen molar-refractivity contribution in [1.29, 1.82) is 0 Å². The van der Waals surface area contributed by atoms with E-state index >= 15 is 0 Å². The average Bonchev–Trinajstić information content (AvgIpc) is 2.20. The van der Waals surface area contributed by atoms with Crippen molar-refractivity contribution in [2.24, 2.45) is 0 Å². The molecule has 0 bridgehead atoms. The van der Waals surface area contributed by atoms with Gasteiger partial charge in [-0.1, -0.05) is 11.6 Å². The minimum atomic E-state index is -1.01. The third-order valence-corrected chi connectivity index (χ3v) is 4.33. The lowest BCUT2D eigenvalue weighted by Gasteiger charge is -2.17. The number of allylic oxidation sites excluding steroid dienone is 2. The minimum absolute atomic E-state index is 0.779. The summed E-state index contributed by atoms with van der Waals surface area (Å²) in [5.41, 5.74) is 1.56. The zero-order valence-corrected chi connectivity index (χ0v) is 10.3. The van der Waals surface area contributed by atoms with E-state index in [1.165, 1.54) is 25.7 Å². The normalized spacial score (nSPS) is 17.2. The Kier molecular flexibility index (Phi) is 6.15. The third-order valence-electron chi connectivity index (χ3n) is 2.37. The molecule has 2 nitrogen and oxygen atoms in total. The van der Waals surface area contributed by atoms with Gasteiger partial charge in [0, 0.05) is 19.3 Å². The van der Waals surface area contributed by atoms with Gasteiger partial charge in [-0.25, -0.2) is 0 Å². The number of rotatable bonds is 6. The lowest BCUT2D eigenvalue weighted by Crippen LogP contribution is -2.23. The van der Waals surface area contributed by atoms with Crippen LogP contribution in [-0.4, -0.2) is 22.5 Å². The highest BCUT2D eigenvalue weighted by Gasteiger charge is 2.17. The molecule has 1 rings (SSSR count). The Morgan fingerprint density at radius 1 is 1.21 bits per heavy atom. The molecule has 3 heteroatoms. The molecule has 0 amide bonds. The SMILES string of the molecule is CCO[Si](CC1=CCCCC1)OCC. The van der Waals surface area contributed by atoms with E-state index < -0.39 is 9.28 Å². The molecular weight excluding hydrogens is 192 g/mol. The highest BCUT2D eigenvalue weighted by Crippen LogP contribution is 2.22. The van der Waals surface area contributed by atoms with Crippen LogP contribution in [0.3, 0.4) is 0 Å². The van der Waals surface area contributed by atoms with Gasteiger partial charge in [-0.05, 0) is 39.5 Å². The zero-order valence-electron chi connectivity index (χ0n) is 9.34. The van der Waals surface area contributed by atoms with Crippen molar-refractivity contribution in [3.05, 3.63) is 11.6 Å². The fourth-order valence-electron chi connectivity index (χ4n) is 1.72. The molecule has 0 aromatic rings. The molecule has 1 aliphatic carbocycles. The smallest absolute Gasteiger partial charge is 0.388 e. The quantitative estimate of drug-likeness (QED) is 0.499. The lowest BCUT2D eigenvalue weighted by atomic mass is 10.0. The van der Waals surface area contributed by atoms with Gasteiger partial charge < -0.3 is 8.85 Å². The Hall–Kier alpha value is -0.123. The minimum Gasteiger partial charge on any atom is -0.393 e. The second-order valence-electron chi connectivity index (χ2n) is 3.52. The first-order valence-electron chi connectivity index (χ1n) is 5.66. The van der Waals surface area contributed by atoms with Crippen LogP contribution in [-0.2, 0) is 8.85 Å². The van der Waals surface area contributed by atoms with E-state index in [-0.39, 0.29) is 0 Å². The maximum absolute atomic E-state index is 5.62. The summed E-state index contributed by atoms with van der Waals surface area (Å²) in [7, 11) is -1.01.